The number of rotatable bonds is 4. The second kappa shape index (κ2) is 5.86. The molecule has 4 nitrogen and oxygen atoms in total. The van der Waals surface area contributed by atoms with Gasteiger partial charge in [-0.05, 0) is 32.1 Å². The molecule has 1 aliphatic rings. The number of carbonyl (C=O) groups is 1. The molecule has 0 aromatic carbocycles. The average molecular weight is 224 g/mol. The Balaban J connectivity index is 2.37. The molecule has 2 atom stereocenters. The van der Waals surface area contributed by atoms with Crippen molar-refractivity contribution in [3.8, 4) is 6.07 Å². The molecule has 0 aromatic rings. The Bertz CT molecular complexity index is 279. The molecular weight excluding hydrogens is 204 g/mol. The van der Waals surface area contributed by atoms with Crippen LogP contribution in [0.3, 0.4) is 0 Å². The zero-order valence-corrected chi connectivity index (χ0v) is 10.1. The molecular formula is C12H20N2O2. The number of nitrogens with zero attached hydrogens (tertiary/aromatic N) is 1. The first kappa shape index (κ1) is 13.0. The zero-order valence-electron chi connectivity index (χ0n) is 10.1. The predicted molar refractivity (Wildman–Crippen MR) is 60.6 cm³/mol. The molecule has 0 bridgehead atoms. The summed E-state index contributed by atoms with van der Waals surface area (Å²) in [4.78, 5) is 11.8. The van der Waals surface area contributed by atoms with Crippen LogP contribution in [-0.4, -0.2) is 25.7 Å². The van der Waals surface area contributed by atoms with Crippen LogP contribution in [0.4, 0.5) is 0 Å². The molecule has 1 fully saturated rings. The van der Waals surface area contributed by atoms with Gasteiger partial charge >= 0.3 is 0 Å². The lowest BCUT2D eigenvalue weighted by Crippen LogP contribution is -2.41. The van der Waals surface area contributed by atoms with E-state index in [1.165, 1.54) is 0 Å². The average Bonchev–Trinajstić information content (AvgIpc) is 2.36. The first-order valence-electron chi connectivity index (χ1n) is 5.89. The van der Waals surface area contributed by atoms with Gasteiger partial charge in [-0.15, -0.1) is 0 Å². The van der Waals surface area contributed by atoms with Gasteiger partial charge in [0.05, 0.1) is 12.7 Å². The highest BCUT2D eigenvalue weighted by Crippen LogP contribution is 2.20. The van der Waals surface area contributed by atoms with Crippen LogP contribution in [0.1, 0.15) is 33.1 Å². The Morgan fingerprint density at radius 1 is 1.69 bits per heavy atom. The fourth-order valence-electron chi connectivity index (χ4n) is 1.69. The number of carbonyl (C=O) groups excluding carboxylic acids is 1. The highest BCUT2D eigenvalue weighted by atomic mass is 16.5. The first-order valence-corrected chi connectivity index (χ1v) is 5.89. The predicted octanol–water partition coefficient (Wildman–Crippen LogP) is 1.47. The molecule has 1 rings (SSSR count). The van der Waals surface area contributed by atoms with Gasteiger partial charge in [-0.3, -0.25) is 4.79 Å². The van der Waals surface area contributed by atoms with Gasteiger partial charge in [0.2, 0.25) is 5.91 Å². The summed E-state index contributed by atoms with van der Waals surface area (Å²) in [6, 6.07) is 2.07. The van der Waals surface area contributed by atoms with Gasteiger partial charge in [-0.1, -0.05) is 6.92 Å². The first-order chi connectivity index (χ1) is 7.62. The van der Waals surface area contributed by atoms with E-state index in [-0.39, 0.29) is 5.91 Å². The molecule has 0 aromatic heterocycles. The second-order valence-electron chi connectivity index (χ2n) is 4.59. The van der Waals surface area contributed by atoms with Gasteiger partial charge in [0.15, 0.2) is 0 Å². The van der Waals surface area contributed by atoms with Gasteiger partial charge in [0.1, 0.15) is 5.41 Å². The van der Waals surface area contributed by atoms with Crippen molar-refractivity contribution in [3.05, 3.63) is 0 Å². The summed E-state index contributed by atoms with van der Waals surface area (Å²) < 4.78 is 5.34. The number of nitrogens with one attached hydrogen (secondary N) is 1. The van der Waals surface area contributed by atoms with E-state index in [0.29, 0.717) is 18.9 Å². The van der Waals surface area contributed by atoms with Crippen molar-refractivity contribution in [1.82, 2.24) is 5.32 Å². The van der Waals surface area contributed by atoms with Crippen molar-refractivity contribution < 1.29 is 9.53 Å². The van der Waals surface area contributed by atoms with Gasteiger partial charge in [0.25, 0.3) is 0 Å². The number of amides is 1. The van der Waals surface area contributed by atoms with E-state index in [0.717, 1.165) is 26.1 Å². The van der Waals surface area contributed by atoms with E-state index in [4.69, 9.17) is 10.00 Å². The molecule has 1 aliphatic heterocycles. The molecule has 16 heavy (non-hydrogen) atoms. The van der Waals surface area contributed by atoms with Gasteiger partial charge < -0.3 is 10.1 Å². The Morgan fingerprint density at radius 2 is 2.44 bits per heavy atom. The Morgan fingerprint density at radius 3 is 2.94 bits per heavy atom. The van der Waals surface area contributed by atoms with Gasteiger partial charge in [-0.2, -0.15) is 5.26 Å². The Labute approximate surface area is 97.0 Å². The molecule has 2 unspecified atom stereocenters. The van der Waals surface area contributed by atoms with Crippen molar-refractivity contribution in [2.75, 3.05) is 19.8 Å². The maximum Gasteiger partial charge on any atom is 0.240 e. The maximum atomic E-state index is 11.8. The quantitative estimate of drug-likeness (QED) is 0.786. The number of nitriles is 1. The third kappa shape index (κ3) is 3.21. The van der Waals surface area contributed by atoms with Crippen molar-refractivity contribution in [3.63, 3.8) is 0 Å². The SMILES string of the molecule is CCC(C)(C#N)C(=O)NCC1CCCOC1. The lowest BCUT2D eigenvalue weighted by atomic mass is 9.88. The van der Waals surface area contributed by atoms with E-state index in [2.05, 4.69) is 11.4 Å². The number of ether oxygens (including phenoxy) is 1. The summed E-state index contributed by atoms with van der Waals surface area (Å²) in [6.07, 6.45) is 2.69. The minimum absolute atomic E-state index is 0.164. The third-order valence-electron chi connectivity index (χ3n) is 3.26. The fourth-order valence-corrected chi connectivity index (χ4v) is 1.69. The Kier molecular flexibility index (Phi) is 4.75. The molecule has 0 aliphatic carbocycles. The summed E-state index contributed by atoms with van der Waals surface area (Å²) in [7, 11) is 0. The molecule has 1 N–H and O–H groups in total. The summed E-state index contributed by atoms with van der Waals surface area (Å²) in [5.41, 5.74) is -0.893. The van der Waals surface area contributed by atoms with Crippen LogP contribution in [0.15, 0.2) is 0 Å². The molecule has 1 amide bonds. The van der Waals surface area contributed by atoms with Crippen LogP contribution in [0, 0.1) is 22.7 Å². The van der Waals surface area contributed by atoms with Crippen molar-refractivity contribution in [2.24, 2.45) is 11.3 Å². The molecule has 0 saturated carbocycles. The van der Waals surface area contributed by atoms with E-state index in [9.17, 15) is 4.79 Å². The standard InChI is InChI=1S/C12H20N2O2/c1-3-12(2,9-13)11(15)14-7-10-5-4-6-16-8-10/h10H,3-8H2,1-2H3,(H,14,15). The smallest absolute Gasteiger partial charge is 0.240 e. The molecule has 1 heterocycles. The zero-order chi connectivity index (χ0) is 12.0. The lowest BCUT2D eigenvalue weighted by molar-refractivity contribution is -0.128. The molecule has 0 radical (unpaired) electrons. The number of hydrogen-bond acceptors (Lipinski definition) is 3. The molecule has 1 saturated heterocycles. The normalized spacial score (nSPS) is 24.2. The monoisotopic (exact) mass is 224 g/mol. The molecule has 4 heteroatoms. The number of hydrogen-bond donors (Lipinski definition) is 1. The highest BCUT2D eigenvalue weighted by molar-refractivity contribution is 5.84. The van der Waals surface area contributed by atoms with E-state index in [1.807, 2.05) is 6.92 Å². The van der Waals surface area contributed by atoms with Crippen LogP contribution in [0.2, 0.25) is 0 Å². The van der Waals surface area contributed by atoms with Crippen molar-refractivity contribution in [1.29, 1.82) is 5.26 Å². The minimum atomic E-state index is -0.893. The van der Waals surface area contributed by atoms with Gasteiger partial charge in [-0.25, -0.2) is 0 Å². The largest absolute Gasteiger partial charge is 0.381 e. The summed E-state index contributed by atoms with van der Waals surface area (Å²) in [6.45, 7) is 5.70. The summed E-state index contributed by atoms with van der Waals surface area (Å²) in [5.74, 6) is 0.237. The van der Waals surface area contributed by atoms with E-state index in [1.54, 1.807) is 6.92 Å². The van der Waals surface area contributed by atoms with Crippen LogP contribution in [-0.2, 0) is 9.53 Å². The summed E-state index contributed by atoms with van der Waals surface area (Å²) >= 11 is 0. The lowest BCUT2D eigenvalue weighted by Gasteiger charge is -2.24. The van der Waals surface area contributed by atoms with Crippen LogP contribution >= 0.6 is 0 Å². The van der Waals surface area contributed by atoms with E-state index < -0.39 is 5.41 Å². The van der Waals surface area contributed by atoms with Crippen LogP contribution < -0.4 is 5.32 Å². The van der Waals surface area contributed by atoms with Crippen molar-refractivity contribution >= 4 is 5.91 Å². The second-order valence-corrected chi connectivity index (χ2v) is 4.59. The fraction of sp³-hybridized carbons (Fsp3) is 0.833. The highest BCUT2D eigenvalue weighted by Gasteiger charge is 2.31. The van der Waals surface area contributed by atoms with Gasteiger partial charge in [0, 0.05) is 13.2 Å². The third-order valence-corrected chi connectivity index (χ3v) is 3.26. The van der Waals surface area contributed by atoms with Crippen molar-refractivity contribution in [2.45, 2.75) is 33.1 Å². The van der Waals surface area contributed by atoms with Crippen LogP contribution in [0.5, 0.6) is 0 Å². The van der Waals surface area contributed by atoms with E-state index >= 15 is 0 Å². The van der Waals surface area contributed by atoms with Crippen LogP contribution in [0.25, 0.3) is 0 Å². The topological polar surface area (TPSA) is 62.1 Å². The Hall–Kier alpha value is -1.08. The molecule has 0 spiro atoms. The molecule has 90 valence electrons. The minimum Gasteiger partial charge on any atom is -0.381 e. The maximum absolute atomic E-state index is 11.8. The summed E-state index contributed by atoms with van der Waals surface area (Å²) in [5, 5.41) is 11.8.